The maximum absolute atomic E-state index is 11.7. The zero-order chi connectivity index (χ0) is 18.7. The van der Waals surface area contributed by atoms with Crippen molar-refractivity contribution in [1.29, 1.82) is 0 Å². The van der Waals surface area contributed by atoms with Crippen LogP contribution in [0, 0.1) is 0 Å². The van der Waals surface area contributed by atoms with E-state index in [0.717, 1.165) is 29.7 Å². The van der Waals surface area contributed by atoms with E-state index in [1.54, 1.807) is 13.1 Å². The van der Waals surface area contributed by atoms with Crippen molar-refractivity contribution in [3.05, 3.63) is 52.3 Å². The first-order chi connectivity index (χ1) is 12.5. The molecule has 26 heavy (non-hydrogen) atoms. The van der Waals surface area contributed by atoms with Crippen LogP contribution in [0.4, 0.5) is 0 Å². The van der Waals surface area contributed by atoms with Crippen LogP contribution in [0.5, 0.6) is 0 Å². The highest BCUT2D eigenvalue weighted by molar-refractivity contribution is 5.94. The molecule has 0 unspecified atom stereocenters. The van der Waals surface area contributed by atoms with Gasteiger partial charge in [-0.2, -0.15) is 5.10 Å². The molecular weight excluding hydrogens is 332 g/mol. The van der Waals surface area contributed by atoms with Crippen LogP contribution >= 0.6 is 0 Å². The number of rotatable bonds is 6. The van der Waals surface area contributed by atoms with Gasteiger partial charge in [0.1, 0.15) is 0 Å². The summed E-state index contributed by atoms with van der Waals surface area (Å²) in [5.41, 5.74) is 3.73. The molecule has 7 nitrogen and oxygen atoms in total. The average molecular weight is 356 g/mol. The normalized spacial score (nSPS) is 16.2. The van der Waals surface area contributed by atoms with Crippen molar-refractivity contribution in [2.24, 2.45) is 0 Å². The zero-order valence-electron chi connectivity index (χ0n) is 15.1. The first-order valence-electron chi connectivity index (χ1n) is 8.89. The molecule has 1 amide bonds. The minimum absolute atomic E-state index is 0.104. The third-order valence-electron chi connectivity index (χ3n) is 4.86. The Balaban J connectivity index is 1.69. The van der Waals surface area contributed by atoms with Crippen molar-refractivity contribution in [3.63, 3.8) is 0 Å². The van der Waals surface area contributed by atoms with Gasteiger partial charge in [-0.25, -0.2) is 4.79 Å². The molecule has 1 aliphatic rings. The number of aromatic nitrogens is 2. The summed E-state index contributed by atoms with van der Waals surface area (Å²) in [7, 11) is 1.61. The van der Waals surface area contributed by atoms with Crippen LogP contribution in [0.15, 0.2) is 24.3 Å². The van der Waals surface area contributed by atoms with Crippen molar-refractivity contribution in [1.82, 2.24) is 20.4 Å². The van der Waals surface area contributed by atoms with E-state index < -0.39 is 5.97 Å². The number of hydrogen-bond acceptors (Lipinski definition) is 4. The Labute approximate surface area is 152 Å². The molecule has 1 atom stereocenters. The Bertz CT molecular complexity index is 828. The number of carboxylic acid groups (broad SMARTS) is 1. The largest absolute Gasteiger partial charge is 0.476 e. The van der Waals surface area contributed by atoms with Crippen molar-refractivity contribution >= 4 is 11.9 Å². The van der Waals surface area contributed by atoms with E-state index in [1.807, 2.05) is 29.8 Å². The van der Waals surface area contributed by atoms with Gasteiger partial charge in [-0.05, 0) is 43.9 Å². The lowest BCUT2D eigenvalue weighted by Crippen LogP contribution is -2.34. The molecule has 138 valence electrons. The van der Waals surface area contributed by atoms with Crippen LogP contribution in [0.1, 0.15) is 51.0 Å². The van der Waals surface area contributed by atoms with E-state index >= 15 is 0 Å². The predicted octanol–water partition coefficient (Wildman–Crippen LogP) is 1.61. The number of amides is 1. The van der Waals surface area contributed by atoms with Crippen LogP contribution in [0.25, 0.3) is 0 Å². The second-order valence-corrected chi connectivity index (χ2v) is 6.49. The quantitative estimate of drug-likeness (QED) is 0.731. The fourth-order valence-corrected chi connectivity index (χ4v) is 3.52. The molecule has 1 heterocycles. The molecule has 7 heteroatoms. The highest BCUT2D eigenvalue weighted by atomic mass is 16.4. The molecule has 0 radical (unpaired) electrons. The van der Waals surface area contributed by atoms with E-state index in [-0.39, 0.29) is 17.6 Å². The minimum atomic E-state index is -0.965. The molecule has 3 N–H and O–H groups in total. The van der Waals surface area contributed by atoms with E-state index in [0.29, 0.717) is 25.1 Å². The van der Waals surface area contributed by atoms with Crippen LogP contribution in [-0.4, -0.2) is 39.9 Å². The third kappa shape index (κ3) is 3.62. The van der Waals surface area contributed by atoms with Crippen molar-refractivity contribution < 1.29 is 14.7 Å². The molecule has 0 spiro atoms. The molecular formula is C19H24N4O3. The van der Waals surface area contributed by atoms with Crippen LogP contribution in [-0.2, 0) is 25.9 Å². The minimum Gasteiger partial charge on any atom is -0.476 e. The first-order valence-corrected chi connectivity index (χ1v) is 8.89. The number of aromatic carboxylic acids is 1. The van der Waals surface area contributed by atoms with Crippen molar-refractivity contribution in [2.45, 2.75) is 45.3 Å². The molecule has 0 saturated carbocycles. The SMILES string of the molecule is CCn1nc(C(=O)O)c2c1CC[C@@H](NCc1cccc(C(=O)NC)c1)C2. The fraction of sp³-hybridized carbons (Fsp3) is 0.421. The van der Waals surface area contributed by atoms with E-state index in [1.165, 1.54) is 0 Å². The molecule has 0 bridgehead atoms. The highest BCUT2D eigenvalue weighted by Crippen LogP contribution is 2.25. The molecule has 3 rings (SSSR count). The molecule has 2 aromatic rings. The zero-order valence-corrected chi connectivity index (χ0v) is 15.1. The highest BCUT2D eigenvalue weighted by Gasteiger charge is 2.28. The summed E-state index contributed by atoms with van der Waals surface area (Å²) in [4.78, 5) is 23.2. The van der Waals surface area contributed by atoms with Gasteiger partial charge < -0.3 is 15.7 Å². The number of carbonyl (C=O) groups excluding carboxylic acids is 1. The van der Waals surface area contributed by atoms with Gasteiger partial charge in [0.05, 0.1) is 0 Å². The Morgan fingerprint density at radius 3 is 2.88 bits per heavy atom. The third-order valence-corrected chi connectivity index (χ3v) is 4.86. The lowest BCUT2D eigenvalue weighted by molar-refractivity contribution is 0.0688. The topological polar surface area (TPSA) is 96.2 Å². The lowest BCUT2D eigenvalue weighted by Gasteiger charge is -2.24. The number of hydrogen-bond donors (Lipinski definition) is 3. The van der Waals surface area contributed by atoms with Gasteiger partial charge in [0, 0.05) is 43.0 Å². The van der Waals surface area contributed by atoms with Gasteiger partial charge in [-0.1, -0.05) is 12.1 Å². The Morgan fingerprint density at radius 1 is 1.38 bits per heavy atom. The van der Waals surface area contributed by atoms with Crippen LogP contribution in [0.2, 0.25) is 0 Å². The summed E-state index contributed by atoms with van der Waals surface area (Å²) < 4.78 is 1.81. The van der Waals surface area contributed by atoms with Gasteiger partial charge >= 0.3 is 5.97 Å². The van der Waals surface area contributed by atoms with Gasteiger partial charge in [-0.15, -0.1) is 0 Å². The number of aryl methyl sites for hydroxylation is 1. The van der Waals surface area contributed by atoms with E-state index in [9.17, 15) is 14.7 Å². The molecule has 0 fully saturated rings. The van der Waals surface area contributed by atoms with Crippen LogP contribution < -0.4 is 10.6 Å². The number of carbonyl (C=O) groups is 2. The average Bonchev–Trinajstić information content (AvgIpc) is 3.04. The number of nitrogens with zero attached hydrogens (tertiary/aromatic N) is 2. The van der Waals surface area contributed by atoms with Crippen molar-refractivity contribution in [3.8, 4) is 0 Å². The van der Waals surface area contributed by atoms with E-state index in [2.05, 4.69) is 15.7 Å². The summed E-state index contributed by atoms with van der Waals surface area (Å²) in [5.74, 6) is -1.07. The molecule has 0 aliphatic heterocycles. The monoisotopic (exact) mass is 356 g/mol. The number of carboxylic acids is 1. The second-order valence-electron chi connectivity index (χ2n) is 6.49. The maximum atomic E-state index is 11.7. The van der Waals surface area contributed by atoms with Gasteiger partial charge in [0.2, 0.25) is 0 Å². The fourth-order valence-electron chi connectivity index (χ4n) is 3.52. The Hall–Kier alpha value is -2.67. The smallest absolute Gasteiger partial charge is 0.356 e. The number of benzene rings is 1. The van der Waals surface area contributed by atoms with Crippen molar-refractivity contribution in [2.75, 3.05) is 7.05 Å². The summed E-state index contributed by atoms with van der Waals surface area (Å²) in [6.07, 6.45) is 2.42. The standard InChI is InChI=1S/C19H24N4O3/c1-3-23-16-8-7-14(10-15(16)17(22-23)19(25)26)21-11-12-5-4-6-13(9-12)18(24)20-2/h4-6,9,14,21H,3,7-8,10-11H2,1-2H3,(H,20,24)(H,25,26)/t14-/m1/s1. The summed E-state index contributed by atoms with van der Waals surface area (Å²) in [5, 5.41) is 19.8. The second kappa shape index (κ2) is 7.70. The Morgan fingerprint density at radius 2 is 2.19 bits per heavy atom. The van der Waals surface area contributed by atoms with Gasteiger partial charge in [0.25, 0.3) is 5.91 Å². The van der Waals surface area contributed by atoms with Gasteiger partial charge in [0.15, 0.2) is 5.69 Å². The number of fused-ring (bicyclic) bond motifs is 1. The molecule has 1 aromatic carbocycles. The van der Waals surface area contributed by atoms with Crippen LogP contribution in [0.3, 0.4) is 0 Å². The van der Waals surface area contributed by atoms with E-state index in [4.69, 9.17) is 0 Å². The lowest BCUT2D eigenvalue weighted by atomic mass is 9.91. The molecule has 1 aliphatic carbocycles. The summed E-state index contributed by atoms with van der Waals surface area (Å²) in [6.45, 7) is 3.29. The molecule has 0 saturated heterocycles. The molecule has 1 aromatic heterocycles. The number of nitrogens with one attached hydrogen (secondary N) is 2. The maximum Gasteiger partial charge on any atom is 0.356 e. The Kier molecular flexibility index (Phi) is 5.37. The summed E-state index contributed by atoms with van der Waals surface area (Å²) in [6, 6.07) is 7.70. The predicted molar refractivity (Wildman–Crippen MR) is 97.3 cm³/mol. The first kappa shape index (κ1) is 18.1. The van der Waals surface area contributed by atoms with Gasteiger partial charge in [-0.3, -0.25) is 9.48 Å². The summed E-state index contributed by atoms with van der Waals surface area (Å²) >= 11 is 0.